The van der Waals surface area contributed by atoms with Gasteiger partial charge in [-0.1, -0.05) is 18.2 Å². The topological polar surface area (TPSA) is 64.3 Å². The van der Waals surface area contributed by atoms with Gasteiger partial charge in [0.2, 0.25) is 5.89 Å². The van der Waals surface area contributed by atoms with Crippen LogP contribution in [0.25, 0.3) is 11.6 Å². The molecule has 0 bridgehead atoms. The van der Waals surface area contributed by atoms with E-state index >= 15 is 0 Å². The number of pyridine rings is 1. The minimum absolute atomic E-state index is 0.263. The van der Waals surface area contributed by atoms with E-state index in [1.165, 1.54) is 5.56 Å². The van der Waals surface area contributed by atoms with Crippen LogP contribution in [0.3, 0.4) is 0 Å². The number of aromatic nitrogens is 3. The van der Waals surface area contributed by atoms with E-state index in [1.807, 2.05) is 30.3 Å². The molecule has 0 amide bonds. The first-order chi connectivity index (χ1) is 12.8. The van der Waals surface area contributed by atoms with Gasteiger partial charge >= 0.3 is 0 Å². The van der Waals surface area contributed by atoms with E-state index in [1.54, 1.807) is 13.3 Å². The molecule has 1 aliphatic rings. The molecule has 1 saturated heterocycles. The van der Waals surface area contributed by atoms with E-state index in [-0.39, 0.29) is 5.92 Å². The van der Waals surface area contributed by atoms with Crippen LogP contribution >= 0.6 is 0 Å². The highest BCUT2D eigenvalue weighted by Gasteiger charge is 2.26. The Morgan fingerprint density at radius 3 is 3.00 bits per heavy atom. The van der Waals surface area contributed by atoms with E-state index in [0.717, 1.165) is 43.9 Å². The van der Waals surface area contributed by atoms with E-state index < -0.39 is 0 Å². The molecule has 134 valence electrons. The van der Waals surface area contributed by atoms with Crippen molar-refractivity contribution >= 4 is 0 Å². The normalized spacial score (nSPS) is 18.0. The number of rotatable bonds is 5. The number of nitrogens with zero attached hydrogens (tertiary/aromatic N) is 4. The molecule has 1 aromatic carbocycles. The van der Waals surface area contributed by atoms with Crippen molar-refractivity contribution in [3.63, 3.8) is 0 Å². The Kier molecular flexibility index (Phi) is 4.93. The van der Waals surface area contributed by atoms with Crippen molar-refractivity contribution in [1.29, 1.82) is 0 Å². The second kappa shape index (κ2) is 7.66. The van der Waals surface area contributed by atoms with Gasteiger partial charge in [0.05, 0.1) is 13.0 Å². The van der Waals surface area contributed by atoms with Crippen molar-refractivity contribution in [2.45, 2.75) is 25.3 Å². The summed E-state index contributed by atoms with van der Waals surface area (Å²) in [4.78, 5) is 6.71. The first-order valence-corrected chi connectivity index (χ1v) is 8.92. The van der Waals surface area contributed by atoms with Crippen LogP contribution < -0.4 is 4.74 Å². The Morgan fingerprint density at radius 1 is 1.19 bits per heavy atom. The lowest BCUT2D eigenvalue weighted by Gasteiger charge is -2.31. The zero-order chi connectivity index (χ0) is 17.8. The van der Waals surface area contributed by atoms with Crippen LogP contribution in [0.2, 0.25) is 0 Å². The summed E-state index contributed by atoms with van der Waals surface area (Å²) in [6.07, 6.45) is 3.92. The highest BCUT2D eigenvalue weighted by Crippen LogP contribution is 2.29. The molecule has 1 aliphatic heterocycles. The molecule has 0 aliphatic carbocycles. The molecule has 0 unspecified atom stereocenters. The summed E-state index contributed by atoms with van der Waals surface area (Å²) >= 11 is 0. The van der Waals surface area contributed by atoms with Crippen molar-refractivity contribution < 1.29 is 9.15 Å². The predicted molar refractivity (Wildman–Crippen MR) is 97.8 cm³/mol. The Hall–Kier alpha value is -2.73. The highest BCUT2D eigenvalue weighted by atomic mass is 16.5. The zero-order valence-corrected chi connectivity index (χ0v) is 14.8. The smallest absolute Gasteiger partial charge is 0.266 e. The fourth-order valence-corrected chi connectivity index (χ4v) is 3.42. The monoisotopic (exact) mass is 350 g/mol. The number of benzene rings is 1. The van der Waals surface area contributed by atoms with Crippen LogP contribution in [-0.2, 0) is 6.54 Å². The first-order valence-electron chi connectivity index (χ1n) is 8.92. The van der Waals surface area contributed by atoms with Gasteiger partial charge < -0.3 is 9.15 Å². The molecular formula is C20H22N4O2. The van der Waals surface area contributed by atoms with Crippen molar-refractivity contribution in [3.8, 4) is 17.3 Å². The Labute approximate surface area is 152 Å². The van der Waals surface area contributed by atoms with Crippen LogP contribution in [-0.4, -0.2) is 40.3 Å². The standard InChI is InChI=1S/C20H22N4O2/c1-25-17-8-4-6-15(12-17)13-24-11-5-7-16(14-24)19-22-23-20(26-19)18-9-2-3-10-21-18/h2-4,6,8-10,12,16H,5,7,11,13-14H2,1H3/t16-/m0/s1. The van der Waals surface area contributed by atoms with Crippen LogP contribution in [0, 0.1) is 0 Å². The van der Waals surface area contributed by atoms with Crippen LogP contribution in [0.4, 0.5) is 0 Å². The van der Waals surface area contributed by atoms with Crippen LogP contribution in [0.1, 0.15) is 30.2 Å². The number of likely N-dealkylation sites (tertiary alicyclic amines) is 1. The highest BCUT2D eigenvalue weighted by molar-refractivity contribution is 5.45. The molecule has 0 radical (unpaired) electrons. The van der Waals surface area contributed by atoms with Gasteiger partial charge in [0, 0.05) is 19.3 Å². The number of hydrogen-bond donors (Lipinski definition) is 0. The summed E-state index contributed by atoms with van der Waals surface area (Å²) in [5, 5.41) is 8.46. The number of methoxy groups -OCH3 is 1. The molecular weight excluding hydrogens is 328 g/mol. The summed E-state index contributed by atoms with van der Waals surface area (Å²) in [5.74, 6) is 2.36. The molecule has 0 N–H and O–H groups in total. The maximum absolute atomic E-state index is 5.91. The lowest BCUT2D eigenvalue weighted by molar-refractivity contribution is 0.186. The lowest BCUT2D eigenvalue weighted by atomic mass is 9.97. The third-order valence-electron chi connectivity index (χ3n) is 4.72. The zero-order valence-electron chi connectivity index (χ0n) is 14.8. The summed E-state index contributed by atoms with van der Waals surface area (Å²) in [6, 6.07) is 13.9. The maximum atomic E-state index is 5.91. The van der Waals surface area contributed by atoms with Gasteiger partial charge in [-0.15, -0.1) is 10.2 Å². The van der Waals surface area contributed by atoms with Crippen LogP contribution in [0.5, 0.6) is 5.75 Å². The summed E-state index contributed by atoms with van der Waals surface area (Å²) in [5.41, 5.74) is 1.97. The number of ether oxygens (including phenoxy) is 1. The molecule has 26 heavy (non-hydrogen) atoms. The number of hydrogen-bond acceptors (Lipinski definition) is 6. The minimum Gasteiger partial charge on any atom is -0.497 e. The average molecular weight is 350 g/mol. The Bertz CT molecular complexity index is 850. The second-order valence-electron chi connectivity index (χ2n) is 6.59. The van der Waals surface area contributed by atoms with Gasteiger partial charge in [0.15, 0.2) is 0 Å². The molecule has 3 heterocycles. The molecule has 3 aromatic rings. The van der Waals surface area contributed by atoms with Crippen molar-refractivity contribution in [2.24, 2.45) is 0 Å². The Morgan fingerprint density at radius 2 is 2.15 bits per heavy atom. The van der Waals surface area contributed by atoms with Gasteiger partial charge in [-0.3, -0.25) is 9.88 Å². The lowest BCUT2D eigenvalue weighted by Crippen LogP contribution is -2.34. The third kappa shape index (κ3) is 3.75. The summed E-state index contributed by atoms with van der Waals surface area (Å²) < 4.78 is 11.2. The van der Waals surface area contributed by atoms with E-state index in [4.69, 9.17) is 9.15 Å². The SMILES string of the molecule is COc1cccc(CN2CCC[C@H](c3nnc(-c4ccccn4)o3)C2)c1. The van der Waals surface area contributed by atoms with Gasteiger partial charge in [0.25, 0.3) is 5.89 Å². The van der Waals surface area contributed by atoms with Crippen LogP contribution in [0.15, 0.2) is 53.1 Å². The van der Waals surface area contributed by atoms with Gasteiger partial charge in [-0.25, -0.2) is 0 Å². The minimum atomic E-state index is 0.263. The first kappa shape index (κ1) is 16.7. The third-order valence-corrected chi connectivity index (χ3v) is 4.72. The van der Waals surface area contributed by atoms with Crippen molar-refractivity contribution in [2.75, 3.05) is 20.2 Å². The fourth-order valence-electron chi connectivity index (χ4n) is 3.42. The molecule has 0 saturated carbocycles. The molecule has 0 spiro atoms. The molecule has 1 fully saturated rings. The largest absolute Gasteiger partial charge is 0.497 e. The van der Waals surface area contributed by atoms with Crippen molar-refractivity contribution in [3.05, 3.63) is 60.1 Å². The second-order valence-corrected chi connectivity index (χ2v) is 6.59. The van der Waals surface area contributed by atoms with E-state index in [2.05, 4.69) is 32.2 Å². The van der Waals surface area contributed by atoms with Gasteiger partial charge in [-0.2, -0.15) is 0 Å². The molecule has 1 atom stereocenters. The molecule has 4 rings (SSSR count). The predicted octanol–water partition coefficient (Wildman–Crippen LogP) is 3.52. The average Bonchev–Trinajstić information content (AvgIpc) is 3.19. The Balaban J connectivity index is 1.44. The fraction of sp³-hybridized carbons (Fsp3) is 0.350. The molecule has 6 nitrogen and oxygen atoms in total. The van der Waals surface area contributed by atoms with E-state index in [0.29, 0.717) is 11.8 Å². The summed E-state index contributed by atoms with van der Waals surface area (Å²) in [7, 11) is 1.70. The quantitative estimate of drug-likeness (QED) is 0.701. The summed E-state index contributed by atoms with van der Waals surface area (Å²) in [6.45, 7) is 2.89. The van der Waals surface area contributed by atoms with E-state index in [9.17, 15) is 0 Å². The van der Waals surface area contributed by atoms with Crippen molar-refractivity contribution in [1.82, 2.24) is 20.1 Å². The maximum Gasteiger partial charge on any atom is 0.266 e. The number of piperidine rings is 1. The van der Waals surface area contributed by atoms with Gasteiger partial charge in [-0.05, 0) is 49.2 Å². The molecule has 2 aromatic heterocycles. The van der Waals surface area contributed by atoms with Gasteiger partial charge in [0.1, 0.15) is 11.4 Å². The molecule has 6 heteroatoms.